The number of nitrogens with one attached hydrogen (secondary N) is 1. The zero-order chi connectivity index (χ0) is 18.5. The quantitative estimate of drug-likeness (QED) is 0.822. The first-order valence-electron chi connectivity index (χ1n) is 10.1. The summed E-state index contributed by atoms with van der Waals surface area (Å²) in [4.78, 5) is 16.6. The van der Waals surface area contributed by atoms with Gasteiger partial charge in [-0.15, -0.1) is 0 Å². The van der Waals surface area contributed by atoms with Crippen LogP contribution in [0.1, 0.15) is 65.7 Å². The Kier molecular flexibility index (Phi) is 7.15. The third-order valence-electron chi connectivity index (χ3n) is 5.79. The van der Waals surface area contributed by atoms with E-state index in [2.05, 4.69) is 24.3 Å². The van der Waals surface area contributed by atoms with Crippen LogP contribution in [0.3, 0.4) is 0 Å². The molecule has 0 radical (unpaired) electrons. The molecule has 1 unspecified atom stereocenters. The zero-order valence-corrected chi connectivity index (χ0v) is 17.1. The van der Waals surface area contributed by atoms with Crippen LogP contribution in [0.2, 0.25) is 0 Å². The molecule has 1 heterocycles. The van der Waals surface area contributed by atoms with E-state index in [0.29, 0.717) is 11.5 Å². The van der Waals surface area contributed by atoms with E-state index in [1.807, 2.05) is 25.7 Å². The minimum atomic E-state index is -0.415. The minimum absolute atomic E-state index is 0.158. The Hall–Kier alpha value is -0.810. The lowest BCUT2D eigenvalue weighted by molar-refractivity contribution is 0.0162. The van der Waals surface area contributed by atoms with Gasteiger partial charge >= 0.3 is 6.09 Å². The van der Waals surface area contributed by atoms with E-state index in [-0.39, 0.29) is 6.09 Å². The maximum absolute atomic E-state index is 12.3. The molecule has 1 atom stereocenters. The summed E-state index contributed by atoms with van der Waals surface area (Å²) < 4.78 is 5.53. The van der Waals surface area contributed by atoms with Crippen molar-refractivity contribution >= 4 is 6.09 Å². The summed E-state index contributed by atoms with van der Waals surface area (Å²) in [5.74, 6) is 0.532. The summed E-state index contributed by atoms with van der Waals surface area (Å²) in [6.07, 6.45) is 8.76. The second kappa shape index (κ2) is 8.72. The predicted octanol–water partition coefficient (Wildman–Crippen LogP) is 3.49. The molecule has 0 aromatic rings. The molecule has 5 heteroatoms. The van der Waals surface area contributed by atoms with Gasteiger partial charge in [-0.2, -0.15) is 0 Å². The maximum atomic E-state index is 12.3. The number of amides is 1. The largest absolute Gasteiger partial charge is 0.444 e. The highest BCUT2D eigenvalue weighted by Crippen LogP contribution is 2.31. The zero-order valence-electron chi connectivity index (χ0n) is 17.1. The molecule has 2 aliphatic rings. The second-order valence-corrected chi connectivity index (χ2v) is 9.24. The van der Waals surface area contributed by atoms with E-state index in [4.69, 9.17) is 4.74 Å². The van der Waals surface area contributed by atoms with E-state index in [1.165, 1.54) is 38.5 Å². The lowest BCUT2D eigenvalue weighted by Gasteiger charge is -2.44. The summed E-state index contributed by atoms with van der Waals surface area (Å²) in [6, 6.07) is 0. The van der Waals surface area contributed by atoms with Crippen LogP contribution >= 0.6 is 0 Å². The number of ether oxygens (including phenoxy) is 1. The molecule has 0 spiro atoms. The van der Waals surface area contributed by atoms with Gasteiger partial charge in [0.1, 0.15) is 5.60 Å². The molecule has 1 amide bonds. The van der Waals surface area contributed by atoms with Crippen molar-refractivity contribution in [2.75, 3.05) is 40.3 Å². The molecule has 1 saturated carbocycles. The number of likely N-dealkylation sites (N-methyl/N-ethyl adjacent to an activating group) is 1. The topological polar surface area (TPSA) is 44.8 Å². The number of carbonyl (C=O) groups excluding carboxylic acids is 1. The normalized spacial score (nSPS) is 24.4. The number of nitrogens with zero attached hydrogens (tertiary/aromatic N) is 2. The van der Waals surface area contributed by atoms with E-state index >= 15 is 0 Å². The number of piperidine rings is 1. The van der Waals surface area contributed by atoms with Gasteiger partial charge < -0.3 is 19.9 Å². The van der Waals surface area contributed by atoms with Gasteiger partial charge in [0.2, 0.25) is 0 Å². The fraction of sp³-hybridized carbons (Fsp3) is 0.950. The molecule has 146 valence electrons. The van der Waals surface area contributed by atoms with E-state index in [1.54, 1.807) is 0 Å². The Morgan fingerprint density at radius 2 is 1.88 bits per heavy atom. The van der Waals surface area contributed by atoms with E-state index in [0.717, 1.165) is 32.6 Å². The third kappa shape index (κ3) is 6.14. The highest BCUT2D eigenvalue weighted by molar-refractivity contribution is 5.68. The average Bonchev–Trinajstić information content (AvgIpc) is 2.54. The molecule has 0 aromatic heterocycles. The van der Waals surface area contributed by atoms with E-state index in [9.17, 15) is 4.79 Å². The molecular formula is C20H39N3O2. The highest BCUT2D eigenvalue weighted by atomic mass is 16.6. The third-order valence-corrected chi connectivity index (χ3v) is 5.79. The maximum Gasteiger partial charge on any atom is 0.410 e. The van der Waals surface area contributed by atoms with Crippen molar-refractivity contribution in [3.05, 3.63) is 0 Å². The van der Waals surface area contributed by atoms with Gasteiger partial charge in [-0.05, 0) is 73.0 Å². The smallest absolute Gasteiger partial charge is 0.410 e. The van der Waals surface area contributed by atoms with Crippen molar-refractivity contribution in [1.29, 1.82) is 0 Å². The summed E-state index contributed by atoms with van der Waals surface area (Å²) in [5, 5.41) is 3.73. The number of hydrogen-bond acceptors (Lipinski definition) is 4. The molecule has 0 bridgehead atoms. The monoisotopic (exact) mass is 353 g/mol. The van der Waals surface area contributed by atoms with Crippen molar-refractivity contribution in [3.8, 4) is 0 Å². The molecule has 1 aliphatic carbocycles. The standard InChI is InChI=1S/C20H39N3O2/c1-19(2,3)25-18(24)23-13-9-10-17(15-23)14-21-16-20(22(4)5)11-7-6-8-12-20/h17,21H,6-16H2,1-5H3. The summed E-state index contributed by atoms with van der Waals surface area (Å²) in [5.41, 5.74) is -0.0981. The highest BCUT2D eigenvalue weighted by Gasteiger charge is 2.34. The van der Waals surface area contributed by atoms with Crippen LogP contribution in [0.5, 0.6) is 0 Å². The lowest BCUT2D eigenvalue weighted by Crippen LogP contribution is -2.54. The molecule has 0 aromatic carbocycles. The summed E-state index contributed by atoms with van der Waals surface area (Å²) >= 11 is 0. The van der Waals surface area contributed by atoms with Gasteiger partial charge in [0.15, 0.2) is 0 Å². The first kappa shape index (κ1) is 20.5. The predicted molar refractivity (Wildman–Crippen MR) is 103 cm³/mol. The number of carbonyl (C=O) groups is 1. The number of rotatable bonds is 5. The first-order valence-corrected chi connectivity index (χ1v) is 10.1. The summed E-state index contributed by atoms with van der Waals surface area (Å²) in [6.45, 7) is 9.48. The van der Waals surface area contributed by atoms with Gasteiger partial charge in [0.05, 0.1) is 0 Å². The van der Waals surface area contributed by atoms with Crippen LogP contribution in [0.4, 0.5) is 4.79 Å². The molecule has 2 rings (SSSR count). The van der Waals surface area contributed by atoms with Crippen molar-refractivity contribution in [2.24, 2.45) is 5.92 Å². The Labute approximate surface area is 154 Å². The lowest BCUT2D eigenvalue weighted by atomic mass is 9.80. The molecule has 1 saturated heterocycles. The Morgan fingerprint density at radius 1 is 1.20 bits per heavy atom. The van der Waals surface area contributed by atoms with Crippen LogP contribution in [-0.2, 0) is 4.74 Å². The molecule has 1 aliphatic heterocycles. The molecule has 5 nitrogen and oxygen atoms in total. The second-order valence-electron chi connectivity index (χ2n) is 9.24. The Balaban J connectivity index is 1.79. The van der Waals surface area contributed by atoms with Gasteiger partial charge in [-0.25, -0.2) is 4.79 Å². The average molecular weight is 354 g/mol. The van der Waals surface area contributed by atoms with Crippen LogP contribution in [-0.4, -0.2) is 67.3 Å². The van der Waals surface area contributed by atoms with Crippen LogP contribution in [0.25, 0.3) is 0 Å². The van der Waals surface area contributed by atoms with Crippen LogP contribution < -0.4 is 5.32 Å². The Bertz CT molecular complexity index is 425. The van der Waals surface area contributed by atoms with Crippen molar-refractivity contribution in [2.45, 2.75) is 76.9 Å². The minimum Gasteiger partial charge on any atom is -0.444 e. The molecule has 2 fully saturated rings. The molecule has 25 heavy (non-hydrogen) atoms. The molecule has 1 N–H and O–H groups in total. The van der Waals surface area contributed by atoms with E-state index < -0.39 is 5.60 Å². The fourth-order valence-electron chi connectivity index (χ4n) is 4.22. The molecular weight excluding hydrogens is 314 g/mol. The van der Waals surface area contributed by atoms with Crippen LogP contribution in [0, 0.1) is 5.92 Å². The van der Waals surface area contributed by atoms with Crippen molar-refractivity contribution in [3.63, 3.8) is 0 Å². The SMILES string of the molecule is CN(C)C1(CNCC2CCCN(C(=O)OC(C)(C)C)C2)CCCCC1. The van der Waals surface area contributed by atoms with Crippen molar-refractivity contribution in [1.82, 2.24) is 15.1 Å². The summed E-state index contributed by atoms with van der Waals surface area (Å²) in [7, 11) is 4.44. The Morgan fingerprint density at radius 3 is 2.48 bits per heavy atom. The van der Waals surface area contributed by atoms with Gasteiger partial charge in [-0.1, -0.05) is 19.3 Å². The van der Waals surface area contributed by atoms with Crippen molar-refractivity contribution < 1.29 is 9.53 Å². The first-order chi connectivity index (χ1) is 11.7. The van der Waals surface area contributed by atoms with Gasteiger partial charge in [-0.3, -0.25) is 0 Å². The van der Waals surface area contributed by atoms with Gasteiger partial charge in [0.25, 0.3) is 0 Å². The van der Waals surface area contributed by atoms with Crippen LogP contribution in [0.15, 0.2) is 0 Å². The van der Waals surface area contributed by atoms with Gasteiger partial charge in [0, 0.05) is 25.2 Å². The number of hydrogen-bond donors (Lipinski definition) is 1. The number of likely N-dealkylation sites (tertiary alicyclic amines) is 1. The fourth-order valence-corrected chi connectivity index (χ4v) is 4.22.